The molecule has 0 aliphatic heterocycles. The minimum Gasteiger partial charge on any atom is -0.455 e. The molecule has 0 unspecified atom stereocenters. The van der Waals surface area contributed by atoms with Gasteiger partial charge in [-0.05, 0) is 42.2 Å². The number of aromatic nitrogens is 1. The second kappa shape index (κ2) is 6.00. The monoisotopic (exact) mass is 341 g/mol. The molecule has 4 rings (SSSR count). The van der Waals surface area contributed by atoms with Gasteiger partial charge in [0.05, 0.1) is 11.1 Å². The number of pyridine rings is 1. The highest BCUT2D eigenvalue weighted by atomic mass is 16.3. The number of rotatable bonds is 2. The minimum atomic E-state index is 0.427. The highest BCUT2D eigenvalue weighted by Crippen LogP contribution is 2.40. The molecule has 0 amide bonds. The van der Waals surface area contributed by atoms with Gasteiger partial charge in [0.1, 0.15) is 18.7 Å². The van der Waals surface area contributed by atoms with E-state index in [-0.39, 0.29) is 0 Å². The maximum atomic E-state index is 9.63. The van der Waals surface area contributed by atoms with E-state index < -0.39 is 0 Å². The van der Waals surface area contributed by atoms with Crippen LogP contribution < -0.4 is 4.57 Å². The van der Waals surface area contributed by atoms with Gasteiger partial charge in [0.2, 0.25) is 5.69 Å². The van der Waals surface area contributed by atoms with E-state index in [2.05, 4.69) is 55.7 Å². The lowest BCUT2D eigenvalue weighted by Crippen LogP contribution is -2.30. The highest BCUT2D eigenvalue weighted by Gasteiger charge is 2.23. The van der Waals surface area contributed by atoms with Gasteiger partial charge in [-0.15, -0.1) is 0 Å². The number of nitrogens with zero attached hydrogens (tertiary/aromatic N) is 2. The van der Waals surface area contributed by atoms with Crippen molar-refractivity contribution < 1.29 is 8.98 Å². The molecule has 2 heterocycles. The fraction of sp³-hybridized carbons (Fsp3) is 0.217. The van der Waals surface area contributed by atoms with E-state index in [1.165, 1.54) is 5.56 Å². The molecule has 2 aromatic heterocycles. The van der Waals surface area contributed by atoms with Crippen molar-refractivity contribution >= 4 is 21.9 Å². The number of hydrogen-bond donors (Lipinski definition) is 0. The number of furan rings is 1. The molecular weight excluding hydrogens is 320 g/mol. The molecule has 26 heavy (non-hydrogen) atoms. The molecule has 0 spiro atoms. The third-order valence-electron chi connectivity index (χ3n) is 5.06. The molecule has 0 atom stereocenters. The van der Waals surface area contributed by atoms with Gasteiger partial charge in [0.15, 0.2) is 11.8 Å². The molecule has 3 nitrogen and oxygen atoms in total. The Morgan fingerprint density at radius 1 is 1.12 bits per heavy atom. The summed E-state index contributed by atoms with van der Waals surface area (Å²) in [5.41, 5.74) is 6.64. The van der Waals surface area contributed by atoms with E-state index in [0.717, 1.165) is 33.2 Å². The van der Waals surface area contributed by atoms with Crippen LogP contribution in [0.15, 0.2) is 53.1 Å². The Labute approximate surface area is 153 Å². The van der Waals surface area contributed by atoms with Crippen molar-refractivity contribution in [3.05, 3.63) is 65.4 Å². The molecule has 2 aromatic carbocycles. The largest absolute Gasteiger partial charge is 0.455 e. The van der Waals surface area contributed by atoms with Crippen LogP contribution in [0.4, 0.5) is 0 Å². The van der Waals surface area contributed by atoms with Crippen molar-refractivity contribution in [2.75, 3.05) is 0 Å². The Balaban J connectivity index is 2.19. The molecule has 0 radical (unpaired) electrons. The molecule has 0 aliphatic rings. The third kappa shape index (κ3) is 2.38. The van der Waals surface area contributed by atoms with Gasteiger partial charge in [0, 0.05) is 22.9 Å². The molecule has 0 N–H and O–H groups in total. The smallest absolute Gasteiger partial charge is 0.213 e. The molecule has 0 bridgehead atoms. The predicted octanol–water partition coefficient (Wildman–Crippen LogP) is 5.38. The summed E-state index contributed by atoms with van der Waals surface area (Å²) >= 11 is 0. The fourth-order valence-electron chi connectivity index (χ4n) is 3.66. The summed E-state index contributed by atoms with van der Waals surface area (Å²) < 4.78 is 8.30. The average Bonchev–Trinajstić information content (AvgIpc) is 3.00. The predicted molar refractivity (Wildman–Crippen MR) is 104 cm³/mol. The molecule has 0 saturated heterocycles. The van der Waals surface area contributed by atoms with Crippen LogP contribution in [-0.2, 0) is 7.05 Å². The van der Waals surface area contributed by atoms with Crippen molar-refractivity contribution in [3.63, 3.8) is 0 Å². The van der Waals surface area contributed by atoms with Crippen molar-refractivity contribution in [1.82, 2.24) is 0 Å². The van der Waals surface area contributed by atoms with Gasteiger partial charge in [-0.1, -0.05) is 26.0 Å². The van der Waals surface area contributed by atoms with Crippen LogP contribution in [0.2, 0.25) is 0 Å². The van der Waals surface area contributed by atoms with Crippen LogP contribution in [-0.4, -0.2) is 0 Å². The van der Waals surface area contributed by atoms with Gasteiger partial charge in [0.25, 0.3) is 0 Å². The molecule has 0 aliphatic carbocycles. The van der Waals surface area contributed by atoms with Crippen molar-refractivity contribution in [2.45, 2.75) is 26.7 Å². The second-order valence-electron chi connectivity index (χ2n) is 7.14. The van der Waals surface area contributed by atoms with Crippen molar-refractivity contribution in [2.24, 2.45) is 7.05 Å². The minimum absolute atomic E-state index is 0.427. The van der Waals surface area contributed by atoms with Crippen LogP contribution in [0.3, 0.4) is 0 Å². The molecule has 3 heteroatoms. The van der Waals surface area contributed by atoms with Crippen LogP contribution in [0.1, 0.15) is 36.5 Å². The van der Waals surface area contributed by atoms with E-state index in [0.29, 0.717) is 17.1 Å². The maximum Gasteiger partial charge on any atom is 0.213 e. The second-order valence-corrected chi connectivity index (χ2v) is 7.14. The Hall–Kier alpha value is -3.12. The Morgan fingerprint density at radius 2 is 1.92 bits per heavy atom. The highest BCUT2D eigenvalue weighted by molar-refractivity contribution is 6.14. The maximum absolute atomic E-state index is 9.63. The lowest BCUT2D eigenvalue weighted by Gasteiger charge is -2.07. The number of nitriles is 1. The first-order valence-electron chi connectivity index (χ1n) is 8.86. The summed E-state index contributed by atoms with van der Waals surface area (Å²) in [5.74, 6) is 0.427. The quantitative estimate of drug-likeness (QED) is 0.459. The zero-order valence-corrected chi connectivity index (χ0v) is 15.5. The van der Waals surface area contributed by atoms with Gasteiger partial charge in [-0.3, -0.25) is 0 Å². The number of aryl methyl sites for hydroxylation is 2. The first kappa shape index (κ1) is 16.4. The number of fused-ring (bicyclic) bond motifs is 3. The van der Waals surface area contributed by atoms with Gasteiger partial charge in [-0.25, -0.2) is 4.57 Å². The zero-order valence-electron chi connectivity index (χ0n) is 15.5. The van der Waals surface area contributed by atoms with E-state index in [1.54, 1.807) is 0 Å². The summed E-state index contributed by atoms with van der Waals surface area (Å²) in [6.07, 6.45) is 2.04. The number of hydrogen-bond acceptors (Lipinski definition) is 2. The summed E-state index contributed by atoms with van der Waals surface area (Å²) in [6.45, 7) is 6.40. The van der Waals surface area contributed by atoms with E-state index in [1.807, 2.05) is 31.4 Å². The summed E-state index contributed by atoms with van der Waals surface area (Å²) in [7, 11) is 2.04. The Morgan fingerprint density at radius 3 is 2.62 bits per heavy atom. The van der Waals surface area contributed by atoms with Crippen LogP contribution in [0.5, 0.6) is 0 Å². The Kier molecular flexibility index (Phi) is 3.77. The zero-order chi connectivity index (χ0) is 18.4. The van der Waals surface area contributed by atoms with E-state index >= 15 is 0 Å². The average molecular weight is 341 g/mol. The van der Waals surface area contributed by atoms with Gasteiger partial charge >= 0.3 is 0 Å². The molecule has 128 valence electrons. The molecule has 0 saturated carbocycles. The first-order chi connectivity index (χ1) is 12.5. The first-order valence-corrected chi connectivity index (χ1v) is 8.86. The summed E-state index contributed by atoms with van der Waals surface area (Å²) in [4.78, 5) is 0. The molecule has 4 aromatic rings. The topological polar surface area (TPSA) is 40.8 Å². The van der Waals surface area contributed by atoms with E-state index in [4.69, 9.17) is 4.42 Å². The normalized spacial score (nSPS) is 11.4. The SMILES string of the molecule is Cc1cc(C#N)c2oc3cc(C(C)C)ccc3c2c1-c1cccc[n+]1C. The van der Waals surface area contributed by atoms with Gasteiger partial charge in [-0.2, -0.15) is 5.26 Å². The van der Waals surface area contributed by atoms with E-state index in [9.17, 15) is 5.26 Å². The van der Waals surface area contributed by atoms with Crippen LogP contribution in [0.25, 0.3) is 33.2 Å². The Bertz CT molecular complexity index is 1190. The van der Waals surface area contributed by atoms with Gasteiger partial charge < -0.3 is 4.42 Å². The molecular formula is C23H21N2O+. The molecule has 0 fully saturated rings. The van der Waals surface area contributed by atoms with Crippen molar-refractivity contribution in [1.29, 1.82) is 5.26 Å². The third-order valence-corrected chi connectivity index (χ3v) is 5.06. The number of benzene rings is 2. The summed E-state index contributed by atoms with van der Waals surface area (Å²) in [6, 6.07) is 16.8. The summed E-state index contributed by atoms with van der Waals surface area (Å²) in [5, 5.41) is 11.7. The van der Waals surface area contributed by atoms with Crippen LogP contribution in [0, 0.1) is 18.3 Å². The van der Waals surface area contributed by atoms with Crippen molar-refractivity contribution in [3.8, 4) is 17.3 Å². The fourth-order valence-corrected chi connectivity index (χ4v) is 3.66. The lowest BCUT2D eigenvalue weighted by atomic mass is 9.94. The lowest BCUT2D eigenvalue weighted by molar-refractivity contribution is -0.660. The van der Waals surface area contributed by atoms with Crippen LogP contribution >= 0.6 is 0 Å². The standard InChI is InChI=1S/C23H21N2O/c1-14(2)16-8-9-18-20(12-16)26-23-17(13-24)11-15(3)21(22(18)23)19-7-5-6-10-25(19)4/h5-12,14H,1-4H3/q+1.